The van der Waals surface area contributed by atoms with Crippen molar-refractivity contribution >= 4 is 29.3 Å². The molecule has 0 amide bonds. The molecule has 3 rings (SSSR count). The molecule has 2 heterocycles. The van der Waals surface area contributed by atoms with E-state index in [0.717, 1.165) is 5.22 Å². The standard InChI is InChI=1S/C12H8N2/c1-2-10-7-13-6-4-11(10)12-8-14-5-3-9(1)12/h1-8H/q+1. The van der Waals surface area contributed by atoms with E-state index in [4.69, 9.17) is 0 Å². The summed E-state index contributed by atoms with van der Waals surface area (Å²) in [6, 6.07) is 6.21. The Hall–Kier alpha value is -1.96. The molecular weight excluding hydrogens is 172 g/mol. The molecule has 0 bridgehead atoms. The second kappa shape index (κ2) is 2.77. The van der Waals surface area contributed by atoms with Gasteiger partial charge >= 0.3 is 0 Å². The Morgan fingerprint density at radius 3 is 3.14 bits per heavy atom. The Morgan fingerprint density at radius 2 is 2.14 bits per heavy atom. The molecule has 14 heavy (non-hydrogen) atoms. The van der Waals surface area contributed by atoms with Crippen molar-refractivity contribution in [3.8, 4) is 0 Å². The van der Waals surface area contributed by atoms with Gasteiger partial charge in [0.2, 0.25) is 12.4 Å². The van der Waals surface area contributed by atoms with Crippen molar-refractivity contribution in [2.45, 2.75) is 0 Å². The van der Waals surface area contributed by atoms with Crippen molar-refractivity contribution in [3.63, 3.8) is 0 Å². The van der Waals surface area contributed by atoms with Gasteiger partial charge in [0.05, 0.1) is 10.2 Å². The van der Waals surface area contributed by atoms with Crippen molar-refractivity contribution in [3.05, 3.63) is 41.0 Å². The van der Waals surface area contributed by atoms with Gasteiger partial charge < -0.3 is 0 Å². The number of aliphatic imine (C=N–C) groups is 1. The van der Waals surface area contributed by atoms with Crippen LogP contribution in [0.5, 0.6) is 0 Å². The summed E-state index contributed by atoms with van der Waals surface area (Å²) in [5.41, 5.74) is 0. The van der Waals surface area contributed by atoms with Crippen molar-refractivity contribution < 1.29 is 0 Å². The maximum absolute atomic E-state index is 4.14. The lowest BCUT2D eigenvalue weighted by Crippen LogP contribution is -2.28. The molecule has 0 spiro atoms. The smallest absolute Gasteiger partial charge is 0.250 e. The van der Waals surface area contributed by atoms with Gasteiger partial charge in [-0.05, 0) is 17.5 Å². The van der Waals surface area contributed by atoms with E-state index in [1.54, 1.807) is 0 Å². The molecule has 1 aromatic carbocycles. The third kappa shape index (κ3) is 0.973. The van der Waals surface area contributed by atoms with Crippen LogP contribution < -0.4 is 15.4 Å². The third-order valence-corrected chi connectivity index (χ3v) is 2.44. The molecule has 1 aromatic heterocycles. The number of benzene rings is 1. The van der Waals surface area contributed by atoms with E-state index in [1.165, 1.54) is 16.0 Å². The van der Waals surface area contributed by atoms with Gasteiger partial charge in [-0.2, -0.15) is 0 Å². The zero-order chi connectivity index (χ0) is 9.38. The summed E-state index contributed by atoms with van der Waals surface area (Å²) in [6.07, 6.45) is 9.43. The summed E-state index contributed by atoms with van der Waals surface area (Å²) in [4.78, 5) is 8.24. The minimum absolute atomic E-state index is 1.16. The molecule has 2 aromatic rings. The van der Waals surface area contributed by atoms with Gasteiger partial charge in [-0.3, -0.25) is 4.98 Å². The monoisotopic (exact) mass is 180 g/mol. The molecule has 0 fully saturated rings. The van der Waals surface area contributed by atoms with E-state index < -0.39 is 0 Å². The maximum atomic E-state index is 4.14. The summed E-state index contributed by atoms with van der Waals surface area (Å²) in [5, 5.41) is 4.78. The number of hydrogen-bond acceptors (Lipinski definition) is 2. The number of fused-ring (bicyclic) bond motifs is 3. The molecule has 0 aliphatic carbocycles. The van der Waals surface area contributed by atoms with Gasteiger partial charge in [-0.15, -0.1) is 0 Å². The number of hydrogen-bond donors (Lipinski definition) is 0. The fraction of sp³-hybridized carbons (Fsp3) is 0. The van der Waals surface area contributed by atoms with Crippen LogP contribution in [0.25, 0.3) is 23.0 Å². The van der Waals surface area contributed by atoms with E-state index >= 15 is 0 Å². The first-order valence-corrected chi connectivity index (χ1v) is 4.51. The second-order valence-electron chi connectivity index (χ2n) is 3.26. The van der Waals surface area contributed by atoms with E-state index in [1.807, 2.05) is 37.0 Å². The fourth-order valence-corrected chi connectivity index (χ4v) is 1.74. The maximum Gasteiger partial charge on any atom is 0.250 e. The highest BCUT2D eigenvalue weighted by Gasteiger charge is 2.01. The third-order valence-electron chi connectivity index (χ3n) is 2.44. The summed E-state index contributed by atoms with van der Waals surface area (Å²) >= 11 is 0. The minimum Gasteiger partial charge on any atom is -0.264 e. The first-order chi connectivity index (χ1) is 6.95. The van der Waals surface area contributed by atoms with E-state index in [9.17, 15) is 0 Å². The molecule has 2 nitrogen and oxygen atoms in total. The topological polar surface area (TPSA) is 27.0 Å². The quantitative estimate of drug-likeness (QED) is 0.568. The number of nitrogens with zero attached hydrogens (tertiary/aromatic N) is 2. The van der Waals surface area contributed by atoms with Crippen molar-refractivity contribution in [1.82, 2.24) is 9.98 Å². The van der Waals surface area contributed by atoms with Crippen molar-refractivity contribution in [2.75, 3.05) is 0 Å². The van der Waals surface area contributed by atoms with Gasteiger partial charge in [0, 0.05) is 29.1 Å². The van der Waals surface area contributed by atoms with Crippen LogP contribution >= 0.6 is 0 Å². The predicted molar refractivity (Wildman–Crippen MR) is 58.1 cm³/mol. The van der Waals surface area contributed by atoms with Gasteiger partial charge in [0.1, 0.15) is 0 Å². The minimum atomic E-state index is 1.16. The molecule has 1 radical (unpaired) electrons. The molecule has 0 unspecified atom stereocenters. The zero-order valence-corrected chi connectivity index (χ0v) is 7.51. The van der Waals surface area contributed by atoms with Crippen molar-refractivity contribution in [2.24, 2.45) is 0 Å². The molecule has 0 saturated heterocycles. The average Bonchev–Trinajstić information content (AvgIpc) is 2.29. The molecule has 0 saturated carbocycles. The van der Waals surface area contributed by atoms with Crippen LogP contribution in [-0.4, -0.2) is 11.2 Å². The van der Waals surface area contributed by atoms with Crippen LogP contribution in [0.2, 0.25) is 0 Å². The number of pyridine rings is 1. The Morgan fingerprint density at radius 1 is 1.14 bits per heavy atom. The largest absolute Gasteiger partial charge is 0.264 e. The molecule has 1 aliphatic rings. The average molecular weight is 180 g/mol. The molecule has 2 heteroatoms. The van der Waals surface area contributed by atoms with Crippen LogP contribution in [0, 0.1) is 0 Å². The lowest BCUT2D eigenvalue weighted by molar-refractivity contribution is 1.35. The fourth-order valence-electron chi connectivity index (χ4n) is 1.74. The molecular formula is C12H8N2+. The van der Waals surface area contributed by atoms with Crippen LogP contribution in [-0.2, 0) is 0 Å². The molecule has 0 N–H and O–H groups in total. The van der Waals surface area contributed by atoms with Crippen LogP contribution in [0.3, 0.4) is 0 Å². The highest BCUT2D eigenvalue weighted by Crippen LogP contribution is 2.04. The highest BCUT2D eigenvalue weighted by molar-refractivity contribution is 5.96. The lowest BCUT2D eigenvalue weighted by Gasteiger charge is -1.97. The predicted octanol–water partition coefficient (Wildman–Crippen LogP) is 0.173. The van der Waals surface area contributed by atoms with E-state index in [-0.39, 0.29) is 0 Å². The summed E-state index contributed by atoms with van der Waals surface area (Å²) < 4.78 is 0. The Kier molecular flexibility index (Phi) is 1.47. The molecule has 0 atom stereocenters. The van der Waals surface area contributed by atoms with E-state index in [2.05, 4.69) is 22.1 Å². The highest BCUT2D eigenvalue weighted by atomic mass is 14.7. The zero-order valence-electron chi connectivity index (χ0n) is 7.51. The second-order valence-corrected chi connectivity index (χ2v) is 3.26. The normalized spacial score (nSPS) is 13.1. The van der Waals surface area contributed by atoms with Crippen LogP contribution in [0.15, 0.2) is 30.6 Å². The van der Waals surface area contributed by atoms with Crippen LogP contribution in [0.1, 0.15) is 0 Å². The number of aromatic nitrogens is 1. The van der Waals surface area contributed by atoms with Gasteiger partial charge in [0.25, 0.3) is 0 Å². The molecule has 65 valence electrons. The first kappa shape index (κ1) is 7.44. The summed E-state index contributed by atoms with van der Waals surface area (Å²) in [7, 11) is 0. The SMILES string of the molecule is C1=[N+]C=c2ccc3ccncc3c2=C1. The summed E-state index contributed by atoms with van der Waals surface area (Å²) in [5.74, 6) is 0. The van der Waals surface area contributed by atoms with Gasteiger partial charge in [-0.1, -0.05) is 6.07 Å². The lowest BCUT2D eigenvalue weighted by atomic mass is 10.1. The van der Waals surface area contributed by atoms with Crippen LogP contribution in [0.4, 0.5) is 0 Å². The Balaban J connectivity index is 2.63. The van der Waals surface area contributed by atoms with E-state index in [0.29, 0.717) is 0 Å². The van der Waals surface area contributed by atoms with Crippen molar-refractivity contribution in [1.29, 1.82) is 0 Å². The number of rotatable bonds is 0. The van der Waals surface area contributed by atoms with Gasteiger partial charge in [-0.25, -0.2) is 0 Å². The summed E-state index contributed by atoms with van der Waals surface area (Å²) in [6.45, 7) is 0. The Labute approximate surface area is 80.9 Å². The van der Waals surface area contributed by atoms with Gasteiger partial charge in [0.15, 0.2) is 0 Å². The first-order valence-electron chi connectivity index (χ1n) is 4.51. The molecule has 1 aliphatic heterocycles. The Bertz CT molecular complexity index is 639.